The van der Waals surface area contributed by atoms with Crippen molar-refractivity contribution < 1.29 is 27.8 Å². The maximum absolute atomic E-state index is 11.8. The molecule has 0 saturated carbocycles. The highest BCUT2D eigenvalue weighted by atomic mass is 19.4. The van der Waals surface area contributed by atoms with Crippen molar-refractivity contribution in [2.45, 2.75) is 25.6 Å². The fourth-order valence-corrected chi connectivity index (χ4v) is 1.61. The third-order valence-electron chi connectivity index (χ3n) is 2.41. The van der Waals surface area contributed by atoms with Gasteiger partial charge in [-0.25, -0.2) is 0 Å². The highest BCUT2D eigenvalue weighted by Crippen LogP contribution is 2.23. The quantitative estimate of drug-likeness (QED) is 0.887. The van der Waals surface area contributed by atoms with Crippen LogP contribution in [-0.2, 0) is 9.53 Å². The molecule has 1 N–H and O–H groups in total. The van der Waals surface area contributed by atoms with Crippen LogP contribution < -0.4 is 0 Å². The molecule has 0 aliphatic rings. The zero-order valence-electron chi connectivity index (χ0n) is 9.70. The Morgan fingerprint density at radius 1 is 1.44 bits per heavy atom. The number of alkyl halides is 3. The maximum Gasteiger partial charge on any atom is 0.522 e. The third-order valence-corrected chi connectivity index (χ3v) is 2.41. The third kappa shape index (κ3) is 4.75. The van der Waals surface area contributed by atoms with E-state index < -0.39 is 24.9 Å². The molecule has 0 amide bonds. The Kier molecular flexibility index (Phi) is 4.72. The minimum absolute atomic E-state index is 0.224. The second-order valence-corrected chi connectivity index (χ2v) is 3.89. The first kappa shape index (κ1) is 14.5. The van der Waals surface area contributed by atoms with Crippen LogP contribution in [0.1, 0.15) is 23.5 Å². The molecule has 100 valence electrons. The van der Waals surface area contributed by atoms with E-state index in [1.54, 1.807) is 31.2 Å². The molecule has 3 nitrogen and oxygen atoms in total. The number of hydrogen-bond donors (Lipinski definition) is 1. The summed E-state index contributed by atoms with van der Waals surface area (Å²) in [5, 5.41) is 9.01. The number of halogens is 3. The fraction of sp³-hybridized carbons (Fsp3) is 0.417. The Morgan fingerprint density at radius 3 is 2.61 bits per heavy atom. The average molecular weight is 262 g/mol. The van der Waals surface area contributed by atoms with Crippen LogP contribution >= 0.6 is 0 Å². The molecule has 1 unspecified atom stereocenters. The smallest absolute Gasteiger partial charge is 0.481 e. The first-order valence-corrected chi connectivity index (χ1v) is 5.29. The second-order valence-electron chi connectivity index (χ2n) is 3.89. The number of benzene rings is 1. The molecule has 0 aliphatic heterocycles. The largest absolute Gasteiger partial charge is 0.522 e. The van der Waals surface area contributed by atoms with Crippen LogP contribution in [-0.4, -0.2) is 24.0 Å². The van der Waals surface area contributed by atoms with Gasteiger partial charge in [-0.15, -0.1) is 13.2 Å². The van der Waals surface area contributed by atoms with Gasteiger partial charge in [0.15, 0.2) is 0 Å². The molecule has 1 rings (SSSR count). The van der Waals surface area contributed by atoms with Gasteiger partial charge in [0.05, 0.1) is 12.5 Å². The van der Waals surface area contributed by atoms with E-state index in [-0.39, 0.29) is 6.42 Å². The summed E-state index contributed by atoms with van der Waals surface area (Å²) in [5.74, 6) is -2.15. The standard InChI is InChI=1S/C12H13F3O3/c1-8-3-2-4-9(7-8)10(11(16)17)5-6-18-12(13,14)15/h2-4,7,10H,5-6H2,1H3,(H,16,17). The Morgan fingerprint density at radius 2 is 2.11 bits per heavy atom. The molecule has 0 fully saturated rings. The number of carboxylic acids is 1. The monoisotopic (exact) mass is 262 g/mol. The Bertz CT molecular complexity index is 415. The first-order valence-electron chi connectivity index (χ1n) is 5.29. The predicted octanol–water partition coefficient (Wildman–Crippen LogP) is 3.09. The van der Waals surface area contributed by atoms with Crippen LogP contribution in [0.2, 0.25) is 0 Å². The molecule has 0 heterocycles. The van der Waals surface area contributed by atoms with Crippen LogP contribution in [0.5, 0.6) is 0 Å². The van der Waals surface area contributed by atoms with E-state index in [0.717, 1.165) is 5.56 Å². The van der Waals surface area contributed by atoms with Crippen molar-refractivity contribution in [1.82, 2.24) is 0 Å². The van der Waals surface area contributed by atoms with Crippen molar-refractivity contribution in [2.24, 2.45) is 0 Å². The number of aliphatic carboxylic acids is 1. The zero-order valence-corrected chi connectivity index (χ0v) is 9.70. The van der Waals surface area contributed by atoms with Gasteiger partial charge >= 0.3 is 12.3 Å². The van der Waals surface area contributed by atoms with Crippen LogP contribution in [0.25, 0.3) is 0 Å². The maximum atomic E-state index is 11.8. The summed E-state index contributed by atoms with van der Waals surface area (Å²) < 4.78 is 39.0. The van der Waals surface area contributed by atoms with Crippen molar-refractivity contribution in [3.05, 3.63) is 35.4 Å². The topological polar surface area (TPSA) is 46.5 Å². The molecule has 0 spiro atoms. The zero-order chi connectivity index (χ0) is 13.8. The summed E-state index contributed by atoms with van der Waals surface area (Å²) in [6.45, 7) is 1.11. The summed E-state index contributed by atoms with van der Waals surface area (Å²) >= 11 is 0. The normalized spacial score (nSPS) is 13.3. The lowest BCUT2D eigenvalue weighted by atomic mass is 9.95. The minimum atomic E-state index is -4.73. The van der Waals surface area contributed by atoms with E-state index in [2.05, 4.69) is 4.74 Å². The summed E-state index contributed by atoms with van der Waals surface area (Å²) in [4.78, 5) is 11.0. The molecular formula is C12H13F3O3. The predicted molar refractivity (Wildman–Crippen MR) is 58.2 cm³/mol. The summed E-state index contributed by atoms with van der Waals surface area (Å²) in [6, 6.07) is 6.69. The fourth-order valence-electron chi connectivity index (χ4n) is 1.61. The first-order chi connectivity index (χ1) is 8.29. The van der Waals surface area contributed by atoms with Crippen molar-refractivity contribution in [3.63, 3.8) is 0 Å². The van der Waals surface area contributed by atoms with E-state index in [0.29, 0.717) is 5.56 Å². The molecule has 0 saturated heterocycles. The van der Waals surface area contributed by atoms with Gasteiger partial charge < -0.3 is 5.11 Å². The number of rotatable bonds is 5. The van der Waals surface area contributed by atoms with Gasteiger partial charge in [-0.05, 0) is 18.9 Å². The van der Waals surface area contributed by atoms with Gasteiger partial charge in [0.25, 0.3) is 0 Å². The highest BCUT2D eigenvalue weighted by Gasteiger charge is 2.30. The molecular weight excluding hydrogens is 249 g/mol. The summed E-state index contributed by atoms with van der Waals surface area (Å²) in [5.41, 5.74) is 1.34. The molecule has 6 heteroatoms. The van der Waals surface area contributed by atoms with Gasteiger partial charge in [0.2, 0.25) is 0 Å². The molecule has 18 heavy (non-hydrogen) atoms. The van der Waals surface area contributed by atoms with Gasteiger partial charge in [0, 0.05) is 0 Å². The van der Waals surface area contributed by atoms with Crippen LogP contribution in [0.4, 0.5) is 13.2 Å². The van der Waals surface area contributed by atoms with Gasteiger partial charge in [-0.3, -0.25) is 9.53 Å². The van der Waals surface area contributed by atoms with Gasteiger partial charge in [-0.2, -0.15) is 0 Å². The van der Waals surface area contributed by atoms with Crippen molar-refractivity contribution in [1.29, 1.82) is 0 Å². The van der Waals surface area contributed by atoms with Crippen molar-refractivity contribution in [3.8, 4) is 0 Å². The number of ether oxygens (including phenoxy) is 1. The molecule has 1 atom stereocenters. The van der Waals surface area contributed by atoms with Crippen LogP contribution in [0.3, 0.4) is 0 Å². The van der Waals surface area contributed by atoms with E-state index in [4.69, 9.17) is 5.11 Å². The Labute approximate surface area is 102 Å². The summed E-state index contributed by atoms with van der Waals surface area (Å²) in [7, 11) is 0. The lowest BCUT2D eigenvalue weighted by molar-refractivity contribution is -0.325. The molecule has 0 radical (unpaired) electrons. The SMILES string of the molecule is Cc1cccc(C(CCOC(F)(F)F)C(=O)O)c1. The number of hydrogen-bond acceptors (Lipinski definition) is 2. The Hall–Kier alpha value is -1.56. The molecule has 0 bridgehead atoms. The average Bonchev–Trinajstić information content (AvgIpc) is 2.22. The molecule has 1 aromatic rings. The highest BCUT2D eigenvalue weighted by molar-refractivity contribution is 5.76. The lowest BCUT2D eigenvalue weighted by Gasteiger charge is -2.14. The van der Waals surface area contributed by atoms with E-state index in [1.807, 2.05) is 0 Å². The number of carboxylic acid groups (broad SMARTS) is 1. The lowest BCUT2D eigenvalue weighted by Crippen LogP contribution is -2.19. The minimum Gasteiger partial charge on any atom is -0.481 e. The van der Waals surface area contributed by atoms with Crippen LogP contribution in [0, 0.1) is 6.92 Å². The molecule has 0 aliphatic carbocycles. The Balaban J connectivity index is 2.69. The molecule has 0 aromatic heterocycles. The number of aryl methyl sites for hydroxylation is 1. The number of carbonyl (C=O) groups is 1. The van der Waals surface area contributed by atoms with Crippen molar-refractivity contribution >= 4 is 5.97 Å². The van der Waals surface area contributed by atoms with E-state index in [1.165, 1.54) is 0 Å². The van der Waals surface area contributed by atoms with Crippen molar-refractivity contribution in [2.75, 3.05) is 6.61 Å². The van der Waals surface area contributed by atoms with Crippen LogP contribution in [0.15, 0.2) is 24.3 Å². The van der Waals surface area contributed by atoms with Gasteiger partial charge in [-0.1, -0.05) is 29.8 Å². The molecule has 1 aromatic carbocycles. The van der Waals surface area contributed by atoms with Gasteiger partial charge in [0.1, 0.15) is 0 Å². The van der Waals surface area contributed by atoms with E-state index >= 15 is 0 Å². The summed E-state index contributed by atoms with van der Waals surface area (Å²) in [6.07, 6.45) is -4.95. The second kappa shape index (κ2) is 5.86. The van der Waals surface area contributed by atoms with E-state index in [9.17, 15) is 18.0 Å².